The maximum absolute atomic E-state index is 5.97. The van der Waals surface area contributed by atoms with Gasteiger partial charge in [0.25, 0.3) is 0 Å². The molecule has 0 aromatic heterocycles. The van der Waals surface area contributed by atoms with Crippen LogP contribution in [0.25, 0.3) is 10.8 Å². The van der Waals surface area contributed by atoms with Crippen LogP contribution >= 0.6 is 0 Å². The number of fused-ring (bicyclic) bond motifs is 1. The number of rotatable bonds is 3. The molecule has 3 aromatic carbocycles. The van der Waals surface area contributed by atoms with E-state index in [1.165, 1.54) is 21.9 Å². The fourth-order valence-corrected chi connectivity index (χ4v) is 2.43. The number of aryl methyl sites for hydroxylation is 1. The second-order valence-electron chi connectivity index (χ2n) is 5.33. The fraction of sp³-hybridized carbons (Fsp3) is 0.105. The van der Waals surface area contributed by atoms with Crippen LogP contribution in [0.5, 0.6) is 0 Å². The zero-order valence-corrected chi connectivity index (χ0v) is 12.6. The van der Waals surface area contributed by atoms with E-state index < -0.39 is 0 Å². The minimum atomic E-state index is 0.428. The van der Waals surface area contributed by atoms with Crippen molar-refractivity contribution in [3.05, 3.63) is 77.9 Å². The minimum Gasteiger partial charge on any atom is -0.370 e. The van der Waals surface area contributed by atoms with E-state index in [1.807, 2.05) is 36.4 Å². The van der Waals surface area contributed by atoms with Gasteiger partial charge in [0, 0.05) is 5.69 Å². The molecule has 3 aromatic rings. The Bertz CT molecular complexity index is 799. The van der Waals surface area contributed by atoms with Gasteiger partial charge in [0.05, 0.1) is 6.54 Å². The summed E-state index contributed by atoms with van der Waals surface area (Å²) in [5.74, 6) is 0.428. The first-order valence-electron chi connectivity index (χ1n) is 7.32. The Hall–Kier alpha value is -2.81. The van der Waals surface area contributed by atoms with Crippen molar-refractivity contribution in [1.29, 1.82) is 0 Å². The number of hydrogen-bond acceptors (Lipinski definition) is 1. The lowest BCUT2D eigenvalue weighted by molar-refractivity contribution is 1.07. The van der Waals surface area contributed by atoms with Crippen LogP contribution < -0.4 is 11.1 Å². The number of guanidine groups is 1. The molecule has 0 atom stereocenters. The number of anilines is 1. The number of nitrogens with two attached hydrogens (primary N) is 1. The van der Waals surface area contributed by atoms with E-state index in [2.05, 4.69) is 47.6 Å². The molecule has 3 N–H and O–H groups in total. The van der Waals surface area contributed by atoms with Gasteiger partial charge in [-0.1, -0.05) is 60.2 Å². The first-order valence-corrected chi connectivity index (χ1v) is 7.32. The van der Waals surface area contributed by atoms with E-state index in [9.17, 15) is 0 Å². The quantitative estimate of drug-likeness (QED) is 0.564. The Morgan fingerprint density at radius 2 is 1.68 bits per heavy atom. The van der Waals surface area contributed by atoms with Gasteiger partial charge in [-0.15, -0.1) is 0 Å². The number of aliphatic imine (C=N–C) groups is 1. The normalized spacial score (nSPS) is 11.6. The van der Waals surface area contributed by atoms with Crippen molar-refractivity contribution in [2.24, 2.45) is 10.7 Å². The highest BCUT2D eigenvalue weighted by molar-refractivity contribution is 5.92. The predicted molar refractivity (Wildman–Crippen MR) is 94.1 cm³/mol. The van der Waals surface area contributed by atoms with Crippen molar-refractivity contribution in [3.63, 3.8) is 0 Å². The van der Waals surface area contributed by atoms with Crippen LogP contribution in [0.2, 0.25) is 0 Å². The second kappa shape index (κ2) is 6.31. The summed E-state index contributed by atoms with van der Waals surface area (Å²) in [5, 5.41) is 5.56. The van der Waals surface area contributed by atoms with Crippen LogP contribution in [0.15, 0.2) is 71.7 Å². The maximum atomic E-state index is 5.97. The van der Waals surface area contributed by atoms with Crippen LogP contribution in [-0.2, 0) is 6.54 Å². The first kappa shape index (κ1) is 14.1. The molecule has 0 aliphatic carbocycles. The molecule has 0 heterocycles. The molecule has 3 heteroatoms. The Balaban J connectivity index is 1.76. The SMILES string of the molecule is Cc1ccc(NC(N)=NCc2cccc3ccccc23)cc1. The highest BCUT2D eigenvalue weighted by atomic mass is 15.1. The summed E-state index contributed by atoms with van der Waals surface area (Å²) in [4.78, 5) is 4.45. The lowest BCUT2D eigenvalue weighted by Crippen LogP contribution is -2.22. The van der Waals surface area contributed by atoms with Crippen molar-refractivity contribution < 1.29 is 0 Å². The van der Waals surface area contributed by atoms with Crippen LogP contribution in [0, 0.1) is 6.92 Å². The molecule has 110 valence electrons. The van der Waals surface area contributed by atoms with Gasteiger partial charge in [-0.3, -0.25) is 0 Å². The maximum Gasteiger partial charge on any atom is 0.193 e. The van der Waals surface area contributed by atoms with Crippen LogP contribution in [0.4, 0.5) is 5.69 Å². The largest absolute Gasteiger partial charge is 0.370 e. The molecule has 0 saturated carbocycles. The van der Waals surface area contributed by atoms with Crippen molar-refractivity contribution in [2.75, 3.05) is 5.32 Å². The van der Waals surface area contributed by atoms with Gasteiger partial charge in [-0.05, 0) is 35.4 Å². The zero-order valence-electron chi connectivity index (χ0n) is 12.6. The third-order valence-electron chi connectivity index (χ3n) is 3.62. The Morgan fingerprint density at radius 1 is 0.955 bits per heavy atom. The van der Waals surface area contributed by atoms with Gasteiger partial charge in [-0.2, -0.15) is 0 Å². The third kappa shape index (κ3) is 3.26. The number of nitrogens with zero attached hydrogens (tertiary/aromatic N) is 1. The molecule has 0 saturated heterocycles. The molecule has 0 unspecified atom stereocenters. The highest BCUT2D eigenvalue weighted by Crippen LogP contribution is 2.19. The van der Waals surface area contributed by atoms with Crippen molar-refractivity contribution in [1.82, 2.24) is 0 Å². The Kier molecular flexibility index (Phi) is 4.05. The second-order valence-corrected chi connectivity index (χ2v) is 5.33. The van der Waals surface area contributed by atoms with Crippen LogP contribution in [-0.4, -0.2) is 5.96 Å². The standard InChI is InChI=1S/C19H19N3/c1-14-9-11-17(12-10-14)22-19(20)21-13-16-7-4-6-15-5-2-3-8-18(15)16/h2-12H,13H2,1H3,(H3,20,21,22). The molecule has 3 nitrogen and oxygen atoms in total. The summed E-state index contributed by atoms with van der Waals surface area (Å²) in [6.45, 7) is 2.62. The zero-order chi connectivity index (χ0) is 15.4. The average Bonchev–Trinajstić information content (AvgIpc) is 2.55. The smallest absolute Gasteiger partial charge is 0.193 e. The molecule has 0 radical (unpaired) electrons. The molecule has 0 aliphatic rings. The fourth-order valence-electron chi connectivity index (χ4n) is 2.43. The number of nitrogens with one attached hydrogen (secondary N) is 1. The summed E-state index contributed by atoms with van der Waals surface area (Å²) < 4.78 is 0. The molecule has 0 amide bonds. The van der Waals surface area contributed by atoms with Gasteiger partial charge >= 0.3 is 0 Å². The molecular weight excluding hydrogens is 270 g/mol. The van der Waals surface area contributed by atoms with Gasteiger partial charge < -0.3 is 11.1 Å². The monoisotopic (exact) mass is 289 g/mol. The Labute approximate surface area is 130 Å². The number of benzene rings is 3. The van der Waals surface area contributed by atoms with Crippen LogP contribution in [0.3, 0.4) is 0 Å². The van der Waals surface area contributed by atoms with Gasteiger partial charge in [0.15, 0.2) is 5.96 Å². The minimum absolute atomic E-state index is 0.428. The molecule has 3 rings (SSSR count). The summed E-state index contributed by atoms with van der Waals surface area (Å²) in [6, 6.07) is 22.6. The molecule has 0 fully saturated rings. The van der Waals surface area contributed by atoms with Crippen LogP contribution in [0.1, 0.15) is 11.1 Å². The van der Waals surface area contributed by atoms with Gasteiger partial charge in [-0.25, -0.2) is 4.99 Å². The van der Waals surface area contributed by atoms with E-state index >= 15 is 0 Å². The van der Waals surface area contributed by atoms with Crippen molar-refractivity contribution >= 4 is 22.4 Å². The lowest BCUT2D eigenvalue weighted by Gasteiger charge is -2.07. The van der Waals surface area contributed by atoms with E-state index in [0.717, 1.165) is 5.69 Å². The van der Waals surface area contributed by atoms with Gasteiger partial charge in [0.2, 0.25) is 0 Å². The lowest BCUT2D eigenvalue weighted by atomic mass is 10.1. The molecule has 0 aliphatic heterocycles. The summed E-state index contributed by atoms with van der Waals surface area (Å²) in [5.41, 5.74) is 9.32. The van der Waals surface area contributed by atoms with E-state index in [0.29, 0.717) is 12.5 Å². The predicted octanol–water partition coefficient (Wildman–Crippen LogP) is 4.08. The molecule has 22 heavy (non-hydrogen) atoms. The molecular formula is C19H19N3. The van der Waals surface area contributed by atoms with E-state index in [-0.39, 0.29) is 0 Å². The highest BCUT2D eigenvalue weighted by Gasteiger charge is 2.00. The third-order valence-corrected chi connectivity index (χ3v) is 3.62. The topological polar surface area (TPSA) is 50.4 Å². The average molecular weight is 289 g/mol. The molecule has 0 spiro atoms. The van der Waals surface area contributed by atoms with Crippen molar-refractivity contribution in [3.8, 4) is 0 Å². The van der Waals surface area contributed by atoms with E-state index in [1.54, 1.807) is 0 Å². The van der Waals surface area contributed by atoms with Crippen molar-refractivity contribution in [2.45, 2.75) is 13.5 Å². The first-order chi connectivity index (χ1) is 10.7. The molecule has 0 bridgehead atoms. The summed E-state index contributed by atoms with van der Waals surface area (Å²) in [6.07, 6.45) is 0. The summed E-state index contributed by atoms with van der Waals surface area (Å²) in [7, 11) is 0. The van der Waals surface area contributed by atoms with E-state index in [4.69, 9.17) is 5.73 Å². The van der Waals surface area contributed by atoms with Gasteiger partial charge in [0.1, 0.15) is 0 Å². The number of hydrogen-bond donors (Lipinski definition) is 2. The Morgan fingerprint density at radius 3 is 2.50 bits per heavy atom. The summed E-state index contributed by atoms with van der Waals surface area (Å²) >= 11 is 0.